The predicted octanol–water partition coefficient (Wildman–Crippen LogP) is 3.43. The van der Waals surface area contributed by atoms with Crippen LogP contribution in [0.4, 0.5) is 5.69 Å². The van der Waals surface area contributed by atoms with Gasteiger partial charge in [0.2, 0.25) is 5.91 Å². The second-order valence-corrected chi connectivity index (χ2v) is 6.49. The third kappa shape index (κ3) is 6.18. The molecule has 2 aromatic carbocycles. The fourth-order valence-corrected chi connectivity index (χ4v) is 2.32. The van der Waals surface area contributed by atoms with Gasteiger partial charge in [-0.3, -0.25) is 9.59 Å². The van der Waals surface area contributed by atoms with Gasteiger partial charge in [0.25, 0.3) is 5.91 Å². The average Bonchev–Trinajstić information content (AvgIpc) is 2.61. The second kappa shape index (κ2) is 9.16. The van der Waals surface area contributed by atoms with Crippen LogP contribution in [0.15, 0.2) is 53.6 Å². The molecule has 130 valence electrons. The van der Waals surface area contributed by atoms with Crippen LogP contribution in [-0.4, -0.2) is 24.6 Å². The van der Waals surface area contributed by atoms with E-state index in [0.717, 1.165) is 3.57 Å². The highest BCUT2D eigenvalue weighted by Gasteiger charge is 2.07. The van der Waals surface area contributed by atoms with Crippen molar-refractivity contribution in [2.45, 2.75) is 13.3 Å². The van der Waals surface area contributed by atoms with E-state index in [1.807, 2.05) is 12.1 Å². The van der Waals surface area contributed by atoms with Crippen LogP contribution in [0.5, 0.6) is 5.75 Å². The molecular weight excluding hydrogens is 433 g/mol. The lowest BCUT2D eigenvalue weighted by molar-refractivity contribution is -0.115. The molecule has 2 aromatic rings. The number of carbonyl (C=O) groups excluding carboxylic acids is 2. The molecule has 0 saturated heterocycles. The number of ether oxygens (including phenoxy) is 1. The molecule has 0 heterocycles. The van der Waals surface area contributed by atoms with Gasteiger partial charge in [-0.05, 0) is 78.0 Å². The maximum atomic E-state index is 12.0. The maximum absolute atomic E-state index is 12.0. The number of methoxy groups -OCH3 is 1. The van der Waals surface area contributed by atoms with Crippen molar-refractivity contribution in [3.8, 4) is 5.75 Å². The first kappa shape index (κ1) is 18.9. The van der Waals surface area contributed by atoms with Crippen molar-refractivity contribution in [3.05, 3.63) is 57.7 Å². The second-order valence-electron chi connectivity index (χ2n) is 5.25. The fourth-order valence-electron chi connectivity index (χ4n) is 1.96. The van der Waals surface area contributed by atoms with Gasteiger partial charge in [0.1, 0.15) is 5.75 Å². The highest BCUT2D eigenvalue weighted by Crippen LogP contribution is 2.15. The molecule has 6 nitrogen and oxygen atoms in total. The Morgan fingerprint density at radius 2 is 1.72 bits per heavy atom. The summed E-state index contributed by atoms with van der Waals surface area (Å²) in [6.07, 6.45) is 0.0823. The first-order valence-corrected chi connectivity index (χ1v) is 8.59. The number of nitrogens with one attached hydrogen (secondary N) is 2. The average molecular weight is 451 g/mol. The van der Waals surface area contributed by atoms with Crippen molar-refractivity contribution < 1.29 is 14.3 Å². The van der Waals surface area contributed by atoms with Crippen LogP contribution in [0.1, 0.15) is 23.7 Å². The Morgan fingerprint density at radius 1 is 1.08 bits per heavy atom. The minimum atomic E-state index is -0.314. The molecule has 0 radical (unpaired) electrons. The maximum Gasteiger partial charge on any atom is 0.271 e. The molecule has 7 heteroatoms. The number of anilines is 1. The molecule has 0 aliphatic heterocycles. The van der Waals surface area contributed by atoms with Crippen LogP contribution in [0.25, 0.3) is 0 Å². The van der Waals surface area contributed by atoms with E-state index in [1.165, 1.54) is 0 Å². The highest BCUT2D eigenvalue weighted by atomic mass is 127. The first-order valence-electron chi connectivity index (χ1n) is 7.51. The van der Waals surface area contributed by atoms with Crippen LogP contribution in [0.3, 0.4) is 0 Å². The van der Waals surface area contributed by atoms with Gasteiger partial charge in [0, 0.05) is 20.5 Å². The molecule has 2 N–H and O–H groups in total. The first-order chi connectivity index (χ1) is 12.0. The Bertz CT molecular complexity index is 771. The lowest BCUT2D eigenvalue weighted by Crippen LogP contribution is -2.21. The minimum Gasteiger partial charge on any atom is -0.497 e. The van der Waals surface area contributed by atoms with Crippen molar-refractivity contribution in [1.29, 1.82) is 0 Å². The molecule has 0 saturated carbocycles. The lowest BCUT2D eigenvalue weighted by Gasteiger charge is -2.06. The quantitative estimate of drug-likeness (QED) is 0.401. The van der Waals surface area contributed by atoms with E-state index in [2.05, 4.69) is 38.4 Å². The van der Waals surface area contributed by atoms with Crippen LogP contribution >= 0.6 is 22.6 Å². The SMILES string of the molecule is COc1ccc(NC(=O)CC(C)=NNC(=O)c2ccc(I)cc2)cc1. The third-order valence-corrected chi connectivity index (χ3v) is 3.96. The topological polar surface area (TPSA) is 79.8 Å². The molecule has 2 amide bonds. The van der Waals surface area contributed by atoms with Crippen molar-refractivity contribution in [2.24, 2.45) is 5.10 Å². The van der Waals surface area contributed by atoms with E-state index < -0.39 is 0 Å². The van der Waals surface area contributed by atoms with E-state index in [4.69, 9.17) is 4.74 Å². The van der Waals surface area contributed by atoms with Gasteiger partial charge >= 0.3 is 0 Å². The number of halogens is 1. The van der Waals surface area contributed by atoms with Gasteiger partial charge in [-0.25, -0.2) is 5.43 Å². The van der Waals surface area contributed by atoms with Crippen molar-refractivity contribution >= 4 is 45.8 Å². The summed E-state index contributed by atoms with van der Waals surface area (Å²) in [5.74, 6) is 0.190. The van der Waals surface area contributed by atoms with Gasteiger partial charge in [0.15, 0.2) is 0 Å². The molecule has 0 unspecified atom stereocenters. The number of nitrogens with zero attached hydrogens (tertiary/aromatic N) is 1. The molecular formula is C18H18IN3O3. The van der Waals surface area contributed by atoms with Gasteiger partial charge < -0.3 is 10.1 Å². The third-order valence-electron chi connectivity index (χ3n) is 3.24. The van der Waals surface area contributed by atoms with E-state index in [1.54, 1.807) is 50.4 Å². The summed E-state index contributed by atoms with van der Waals surface area (Å²) in [6, 6.07) is 14.2. The van der Waals surface area contributed by atoms with Crippen molar-refractivity contribution in [1.82, 2.24) is 5.43 Å². The van der Waals surface area contributed by atoms with Gasteiger partial charge in [-0.2, -0.15) is 5.10 Å². The summed E-state index contributed by atoms with van der Waals surface area (Å²) in [6.45, 7) is 1.68. The summed E-state index contributed by atoms with van der Waals surface area (Å²) in [5, 5.41) is 6.73. The van der Waals surface area contributed by atoms with Gasteiger partial charge in [-0.1, -0.05) is 0 Å². The Balaban J connectivity index is 1.85. The number of hydrogen-bond donors (Lipinski definition) is 2. The normalized spacial score (nSPS) is 10.9. The molecule has 0 aliphatic rings. The van der Waals surface area contributed by atoms with Crippen LogP contribution in [0.2, 0.25) is 0 Å². The minimum absolute atomic E-state index is 0.0823. The monoisotopic (exact) mass is 451 g/mol. The summed E-state index contributed by atoms with van der Waals surface area (Å²) in [7, 11) is 1.58. The highest BCUT2D eigenvalue weighted by molar-refractivity contribution is 14.1. The Kier molecular flexibility index (Phi) is 6.93. The zero-order chi connectivity index (χ0) is 18.2. The summed E-state index contributed by atoms with van der Waals surface area (Å²) in [5.41, 5.74) is 4.14. The van der Waals surface area contributed by atoms with Crippen molar-refractivity contribution in [2.75, 3.05) is 12.4 Å². The van der Waals surface area contributed by atoms with E-state index >= 15 is 0 Å². The Morgan fingerprint density at radius 3 is 2.32 bits per heavy atom. The van der Waals surface area contributed by atoms with Crippen LogP contribution in [-0.2, 0) is 4.79 Å². The molecule has 0 atom stereocenters. The van der Waals surface area contributed by atoms with Gasteiger partial charge in [0.05, 0.1) is 13.5 Å². The number of benzene rings is 2. The molecule has 25 heavy (non-hydrogen) atoms. The number of rotatable bonds is 6. The van der Waals surface area contributed by atoms with Crippen LogP contribution in [0, 0.1) is 3.57 Å². The molecule has 2 rings (SSSR count). The zero-order valence-corrected chi connectivity index (χ0v) is 16.0. The largest absolute Gasteiger partial charge is 0.497 e. The number of hydrazone groups is 1. The standard InChI is InChI=1S/C18H18IN3O3/c1-12(21-22-18(24)13-3-5-14(19)6-4-13)11-17(23)20-15-7-9-16(25-2)10-8-15/h3-10H,11H2,1-2H3,(H,20,23)(H,22,24). The molecule has 0 fully saturated rings. The van der Waals surface area contributed by atoms with Crippen molar-refractivity contribution in [3.63, 3.8) is 0 Å². The zero-order valence-electron chi connectivity index (χ0n) is 13.9. The Hall–Kier alpha value is -2.42. The Labute approximate surface area is 159 Å². The van der Waals surface area contributed by atoms with E-state index in [9.17, 15) is 9.59 Å². The lowest BCUT2D eigenvalue weighted by atomic mass is 10.2. The predicted molar refractivity (Wildman–Crippen MR) is 106 cm³/mol. The van der Waals surface area contributed by atoms with E-state index in [-0.39, 0.29) is 18.2 Å². The summed E-state index contributed by atoms with van der Waals surface area (Å²) in [4.78, 5) is 24.0. The summed E-state index contributed by atoms with van der Waals surface area (Å²) >= 11 is 2.17. The van der Waals surface area contributed by atoms with Crippen LogP contribution < -0.4 is 15.5 Å². The smallest absolute Gasteiger partial charge is 0.271 e. The number of carbonyl (C=O) groups is 2. The molecule has 0 bridgehead atoms. The fraction of sp³-hybridized carbons (Fsp3) is 0.167. The van der Waals surface area contributed by atoms with Gasteiger partial charge in [-0.15, -0.1) is 0 Å². The summed E-state index contributed by atoms with van der Waals surface area (Å²) < 4.78 is 6.11. The molecule has 0 spiro atoms. The molecule has 0 aliphatic carbocycles. The molecule has 0 aromatic heterocycles. The number of hydrogen-bond acceptors (Lipinski definition) is 4. The number of amides is 2. The van der Waals surface area contributed by atoms with E-state index in [0.29, 0.717) is 22.7 Å².